The third-order valence-corrected chi connectivity index (χ3v) is 12.9. The van der Waals surface area contributed by atoms with Crippen molar-refractivity contribution in [2.75, 3.05) is 14.7 Å². The van der Waals surface area contributed by atoms with Crippen molar-refractivity contribution >= 4 is 74.3 Å². The van der Waals surface area contributed by atoms with Gasteiger partial charge in [-0.15, -0.1) is 0 Å². The highest BCUT2D eigenvalue weighted by Crippen LogP contribution is 2.53. The average molecular weight is 812 g/mol. The maximum absolute atomic E-state index is 7.19. The van der Waals surface area contributed by atoms with E-state index in [1.807, 2.05) is 0 Å². The Kier molecular flexibility index (Phi) is 8.54. The van der Waals surface area contributed by atoms with Gasteiger partial charge in [0.05, 0.1) is 17.1 Å². The molecular weight excluding hydrogens is 769 g/mol. The van der Waals surface area contributed by atoms with Crippen LogP contribution in [0.25, 0.3) is 0 Å². The van der Waals surface area contributed by atoms with Crippen LogP contribution in [-0.2, 0) is 5.41 Å². The van der Waals surface area contributed by atoms with E-state index in [2.05, 4.69) is 247 Å². The Morgan fingerprint density at radius 2 is 0.746 bits per heavy atom. The second kappa shape index (κ2) is 14.6. The van der Waals surface area contributed by atoms with Gasteiger partial charge in [0.1, 0.15) is 23.0 Å². The van der Waals surface area contributed by atoms with Crippen LogP contribution in [0.5, 0.6) is 23.0 Å². The van der Waals surface area contributed by atoms with Gasteiger partial charge >= 0.3 is 0 Å². The summed E-state index contributed by atoms with van der Waals surface area (Å²) >= 11 is 0. The van der Waals surface area contributed by atoms with E-state index in [0.29, 0.717) is 0 Å². The molecule has 0 unspecified atom stereocenters. The molecule has 0 atom stereocenters. The SMILES string of the molecule is CC1(C)c2ccccc2N(c2cc3c4c(c2)Oc2cc(N(c5ccccc5)c5ccccc5)ccc2B4c2ccc(N(c4ccccc4)c4ccccc4)cc2O3)c2ccccc21. The smallest absolute Gasteiger partial charge is 0.260 e. The molecule has 0 saturated carbocycles. The van der Waals surface area contributed by atoms with Crippen LogP contribution in [0.4, 0.5) is 51.2 Å². The molecule has 63 heavy (non-hydrogen) atoms. The van der Waals surface area contributed by atoms with Gasteiger partial charge in [0, 0.05) is 69.3 Å². The van der Waals surface area contributed by atoms with Crippen molar-refractivity contribution in [3.8, 4) is 23.0 Å². The standard InChI is InChI=1S/C57H42BN3O2/c1-57(2)46-27-15-17-29-50(46)61(51-30-18-16-28-47(51)57)45-37-54-56-55(38-45)63-53-36-44(60(41-23-11-5-12-24-41)42-25-13-6-14-26-42)32-34-49(53)58(56)48-33-31-43(35-52(48)62-54)59(39-19-7-3-8-20-39)40-21-9-4-10-22-40/h3-38H,1-2H3. The Morgan fingerprint density at radius 1 is 0.381 bits per heavy atom. The van der Waals surface area contributed by atoms with Crippen LogP contribution in [0.1, 0.15) is 25.0 Å². The summed E-state index contributed by atoms with van der Waals surface area (Å²) in [6.45, 7) is 4.50. The van der Waals surface area contributed by atoms with E-state index in [4.69, 9.17) is 9.47 Å². The Bertz CT molecular complexity index is 2890. The molecule has 0 aliphatic carbocycles. The lowest BCUT2D eigenvalue weighted by molar-refractivity contribution is 0.465. The minimum absolute atomic E-state index is 0.136. The number of ether oxygens (including phenoxy) is 2. The van der Waals surface area contributed by atoms with Gasteiger partial charge in [-0.1, -0.05) is 135 Å². The molecule has 0 spiro atoms. The van der Waals surface area contributed by atoms with E-state index in [1.165, 1.54) is 11.1 Å². The normalized spacial score (nSPS) is 13.6. The molecule has 0 amide bonds. The fraction of sp³-hybridized carbons (Fsp3) is 0.0526. The number of para-hydroxylation sites is 6. The van der Waals surface area contributed by atoms with Crippen molar-refractivity contribution < 1.29 is 9.47 Å². The van der Waals surface area contributed by atoms with Gasteiger partial charge in [0.2, 0.25) is 0 Å². The first-order valence-electron chi connectivity index (χ1n) is 21.6. The maximum Gasteiger partial charge on any atom is 0.260 e. The molecule has 12 rings (SSSR count). The number of rotatable bonds is 7. The van der Waals surface area contributed by atoms with Crippen molar-refractivity contribution in [3.63, 3.8) is 0 Å². The first-order chi connectivity index (χ1) is 31.0. The van der Waals surface area contributed by atoms with E-state index >= 15 is 0 Å². The predicted octanol–water partition coefficient (Wildman–Crippen LogP) is 13.5. The minimum atomic E-state index is -0.193. The van der Waals surface area contributed by atoms with Gasteiger partial charge in [-0.25, -0.2) is 0 Å². The molecule has 3 aliphatic heterocycles. The zero-order valence-corrected chi connectivity index (χ0v) is 35.0. The molecule has 3 aliphatic rings. The van der Waals surface area contributed by atoms with Crippen molar-refractivity contribution in [2.24, 2.45) is 0 Å². The fourth-order valence-electron chi connectivity index (χ4n) is 10.0. The average Bonchev–Trinajstić information content (AvgIpc) is 3.33. The van der Waals surface area contributed by atoms with Gasteiger partial charge < -0.3 is 24.2 Å². The van der Waals surface area contributed by atoms with Crippen LogP contribution in [0, 0.1) is 0 Å². The van der Waals surface area contributed by atoms with Crippen LogP contribution in [0.2, 0.25) is 0 Å². The molecule has 9 aromatic carbocycles. The summed E-state index contributed by atoms with van der Waals surface area (Å²) in [6.07, 6.45) is 0. The highest BCUT2D eigenvalue weighted by molar-refractivity contribution is 6.98. The number of hydrogen-bond acceptors (Lipinski definition) is 5. The van der Waals surface area contributed by atoms with Gasteiger partial charge in [-0.2, -0.15) is 0 Å². The summed E-state index contributed by atoms with van der Waals surface area (Å²) in [5, 5.41) is 0. The molecule has 0 radical (unpaired) electrons. The zero-order chi connectivity index (χ0) is 42.1. The van der Waals surface area contributed by atoms with Crippen LogP contribution >= 0.6 is 0 Å². The van der Waals surface area contributed by atoms with Gasteiger partial charge in [-0.3, -0.25) is 0 Å². The first kappa shape index (κ1) is 36.9. The predicted molar refractivity (Wildman–Crippen MR) is 260 cm³/mol. The maximum atomic E-state index is 7.19. The molecule has 6 heteroatoms. The summed E-state index contributed by atoms with van der Waals surface area (Å²) in [5.74, 6) is 3.20. The molecule has 9 aromatic rings. The molecule has 0 bridgehead atoms. The molecule has 300 valence electrons. The second-order valence-corrected chi connectivity index (χ2v) is 16.9. The van der Waals surface area contributed by atoms with Crippen LogP contribution in [-0.4, -0.2) is 6.71 Å². The minimum Gasteiger partial charge on any atom is -0.458 e. The van der Waals surface area contributed by atoms with E-state index < -0.39 is 0 Å². The summed E-state index contributed by atoms with van der Waals surface area (Å²) in [5.41, 5.74) is 15.1. The number of nitrogens with zero attached hydrogens (tertiary/aromatic N) is 3. The zero-order valence-electron chi connectivity index (χ0n) is 35.0. The molecule has 0 fully saturated rings. The van der Waals surface area contributed by atoms with E-state index in [9.17, 15) is 0 Å². The summed E-state index contributed by atoms with van der Waals surface area (Å²) in [6, 6.07) is 77.4. The van der Waals surface area contributed by atoms with Gasteiger partial charge in [0.25, 0.3) is 6.71 Å². The second-order valence-electron chi connectivity index (χ2n) is 16.9. The molecule has 0 aromatic heterocycles. The molecule has 5 nitrogen and oxygen atoms in total. The Morgan fingerprint density at radius 3 is 1.14 bits per heavy atom. The topological polar surface area (TPSA) is 28.2 Å². The van der Waals surface area contributed by atoms with E-state index in [0.717, 1.165) is 90.6 Å². The van der Waals surface area contributed by atoms with Crippen molar-refractivity contribution in [2.45, 2.75) is 19.3 Å². The Hall–Kier alpha value is -7.96. The van der Waals surface area contributed by atoms with E-state index in [-0.39, 0.29) is 12.1 Å². The highest BCUT2D eigenvalue weighted by atomic mass is 16.5. The molecule has 3 heterocycles. The van der Waals surface area contributed by atoms with Gasteiger partial charge in [-0.05, 0) is 94.8 Å². The van der Waals surface area contributed by atoms with Crippen LogP contribution in [0.3, 0.4) is 0 Å². The monoisotopic (exact) mass is 811 g/mol. The highest BCUT2D eigenvalue weighted by Gasteiger charge is 2.43. The third-order valence-electron chi connectivity index (χ3n) is 12.9. The number of anilines is 9. The van der Waals surface area contributed by atoms with E-state index in [1.54, 1.807) is 0 Å². The summed E-state index contributed by atoms with van der Waals surface area (Å²) in [7, 11) is 0. The Balaban J connectivity index is 1.06. The molecule has 0 N–H and O–H groups in total. The third kappa shape index (κ3) is 6.01. The van der Waals surface area contributed by atoms with Crippen molar-refractivity contribution in [3.05, 3.63) is 230 Å². The summed E-state index contributed by atoms with van der Waals surface area (Å²) < 4.78 is 14.4. The van der Waals surface area contributed by atoms with Crippen LogP contribution in [0.15, 0.2) is 218 Å². The van der Waals surface area contributed by atoms with Crippen LogP contribution < -0.4 is 40.6 Å². The van der Waals surface area contributed by atoms with Gasteiger partial charge in [0.15, 0.2) is 0 Å². The van der Waals surface area contributed by atoms with Crippen molar-refractivity contribution in [1.82, 2.24) is 0 Å². The lowest BCUT2D eigenvalue weighted by atomic mass is 9.35. The fourth-order valence-corrected chi connectivity index (χ4v) is 10.0. The molecule has 0 saturated heterocycles. The summed E-state index contributed by atoms with van der Waals surface area (Å²) in [4.78, 5) is 6.96. The lowest BCUT2D eigenvalue weighted by Crippen LogP contribution is -2.57. The quantitative estimate of drug-likeness (QED) is 0.150. The lowest BCUT2D eigenvalue weighted by Gasteiger charge is -2.42. The number of fused-ring (bicyclic) bond motifs is 6. The molecular formula is C57H42BN3O2. The first-order valence-corrected chi connectivity index (χ1v) is 21.6. The Labute approximate surface area is 368 Å². The number of benzene rings is 9. The largest absolute Gasteiger partial charge is 0.458 e. The van der Waals surface area contributed by atoms with Crippen molar-refractivity contribution in [1.29, 1.82) is 0 Å². The number of hydrogen-bond donors (Lipinski definition) is 0.